The van der Waals surface area contributed by atoms with Crippen molar-refractivity contribution < 1.29 is 22.7 Å². The van der Waals surface area contributed by atoms with Gasteiger partial charge in [-0.05, 0) is 74.2 Å². The number of ether oxygens (including phenoxy) is 1. The molecule has 0 aliphatic heterocycles. The van der Waals surface area contributed by atoms with Gasteiger partial charge in [-0.15, -0.1) is 0 Å². The van der Waals surface area contributed by atoms with Gasteiger partial charge in [0.05, 0.1) is 27.7 Å². The van der Waals surface area contributed by atoms with Crippen LogP contribution in [0.2, 0.25) is 10.0 Å². The van der Waals surface area contributed by atoms with E-state index in [9.17, 15) is 18.0 Å². The highest BCUT2D eigenvalue weighted by Crippen LogP contribution is 2.34. The third-order valence-electron chi connectivity index (χ3n) is 7.04. The smallest absolute Gasteiger partial charge is 0.264 e. The van der Waals surface area contributed by atoms with E-state index in [0.717, 1.165) is 28.3 Å². The largest absolute Gasteiger partial charge is 0.495 e. The predicted molar refractivity (Wildman–Crippen MR) is 172 cm³/mol. The van der Waals surface area contributed by atoms with Gasteiger partial charge in [0.15, 0.2) is 0 Å². The second-order valence-electron chi connectivity index (χ2n) is 10.3. The SMILES string of the molecule is CCCCNC(=O)C(CC)N(Cc1ccc(Cl)c(Cl)c1)C(=O)CN(c1cc(C)ccc1OC)S(=O)(=O)c1ccc(C)cc1. The van der Waals surface area contributed by atoms with Crippen LogP contribution in [-0.2, 0) is 26.2 Å². The minimum Gasteiger partial charge on any atom is -0.495 e. The molecule has 1 unspecified atom stereocenters. The molecule has 3 aromatic rings. The van der Waals surface area contributed by atoms with Gasteiger partial charge in [0.25, 0.3) is 10.0 Å². The number of hydrogen-bond donors (Lipinski definition) is 1. The summed E-state index contributed by atoms with van der Waals surface area (Å²) < 4.78 is 34.9. The van der Waals surface area contributed by atoms with Crippen LogP contribution >= 0.6 is 23.2 Å². The molecule has 0 heterocycles. The molecule has 2 amide bonds. The summed E-state index contributed by atoms with van der Waals surface area (Å²) in [5.41, 5.74) is 2.53. The molecule has 11 heteroatoms. The second-order valence-corrected chi connectivity index (χ2v) is 13.0. The summed E-state index contributed by atoms with van der Waals surface area (Å²) in [6.45, 7) is 7.42. The Labute approximate surface area is 265 Å². The quantitative estimate of drug-likeness (QED) is 0.201. The topological polar surface area (TPSA) is 96.0 Å². The summed E-state index contributed by atoms with van der Waals surface area (Å²) in [5, 5.41) is 3.58. The highest BCUT2D eigenvalue weighted by atomic mass is 35.5. The first kappa shape index (κ1) is 34.2. The highest BCUT2D eigenvalue weighted by molar-refractivity contribution is 7.92. The zero-order valence-corrected chi connectivity index (χ0v) is 27.5. The Morgan fingerprint density at radius 1 is 0.930 bits per heavy atom. The molecule has 1 N–H and O–H groups in total. The molecule has 0 aliphatic carbocycles. The van der Waals surface area contributed by atoms with Crippen LogP contribution < -0.4 is 14.4 Å². The number of nitrogens with one attached hydrogen (secondary N) is 1. The second kappa shape index (κ2) is 15.5. The van der Waals surface area contributed by atoms with Crippen LogP contribution in [0.1, 0.15) is 49.8 Å². The minimum absolute atomic E-state index is 0.0127. The maximum Gasteiger partial charge on any atom is 0.264 e. The Bertz CT molecular complexity index is 1530. The standard InChI is InChI=1S/C32H39Cl2N3O5S/c1-6-8-17-35-32(39)28(7-2)36(20-24-12-15-26(33)27(34)19-24)31(38)21-37(29-18-23(4)11-16-30(29)42-5)43(40,41)25-13-9-22(3)10-14-25/h9-16,18-19,28H,6-8,17,20-21H2,1-5H3,(H,35,39). The summed E-state index contributed by atoms with van der Waals surface area (Å²) >= 11 is 12.4. The zero-order valence-electron chi connectivity index (χ0n) is 25.2. The first-order valence-corrected chi connectivity index (χ1v) is 16.4. The number of hydrogen-bond acceptors (Lipinski definition) is 5. The van der Waals surface area contributed by atoms with Gasteiger partial charge in [-0.25, -0.2) is 8.42 Å². The van der Waals surface area contributed by atoms with E-state index in [1.54, 1.807) is 48.5 Å². The number of rotatable bonds is 14. The van der Waals surface area contributed by atoms with Crippen molar-refractivity contribution in [2.75, 3.05) is 24.5 Å². The molecular weight excluding hydrogens is 609 g/mol. The van der Waals surface area contributed by atoms with Gasteiger partial charge in [-0.2, -0.15) is 0 Å². The van der Waals surface area contributed by atoms with Crippen LogP contribution in [0.15, 0.2) is 65.6 Å². The minimum atomic E-state index is -4.24. The fraction of sp³-hybridized carbons (Fsp3) is 0.375. The molecule has 0 saturated heterocycles. The third-order valence-corrected chi connectivity index (χ3v) is 9.56. The predicted octanol–water partition coefficient (Wildman–Crippen LogP) is 6.54. The molecule has 0 radical (unpaired) electrons. The Morgan fingerprint density at radius 2 is 1.60 bits per heavy atom. The normalized spacial score (nSPS) is 12.0. The van der Waals surface area contributed by atoms with Crippen LogP contribution in [-0.4, -0.2) is 51.4 Å². The van der Waals surface area contributed by atoms with E-state index in [2.05, 4.69) is 5.32 Å². The molecule has 3 rings (SSSR count). The Kier molecular flexibility index (Phi) is 12.3. The van der Waals surface area contributed by atoms with Crippen molar-refractivity contribution in [3.63, 3.8) is 0 Å². The fourth-order valence-corrected chi connectivity index (χ4v) is 6.34. The first-order valence-electron chi connectivity index (χ1n) is 14.2. The molecule has 0 aromatic heterocycles. The van der Waals surface area contributed by atoms with Gasteiger partial charge in [-0.1, -0.05) is 73.3 Å². The van der Waals surface area contributed by atoms with Crippen LogP contribution in [0.25, 0.3) is 0 Å². The van der Waals surface area contributed by atoms with Gasteiger partial charge < -0.3 is 15.0 Å². The molecule has 0 aliphatic rings. The summed E-state index contributed by atoms with van der Waals surface area (Å²) in [7, 11) is -2.80. The maximum absolute atomic E-state index is 14.3. The number of unbranched alkanes of at least 4 members (excludes halogenated alkanes) is 1. The molecular formula is C32H39Cl2N3O5S. The lowest BCUT2D eigenvalue weighted by Gasteiger charge is -2.33. The number of carbonyl (C=O) groups is 2. The van der Waals surface area contributed by atoms with Crippen molar-refractivity contribution in [3.05, 3.63) is 87.4 Å². The van der Waals surface area contributed by atoms with Gasteiger partial charge in [0.2, 0.25) is 11.8 Å². The monoisotopic (exact) mass is 647 g/mol. The molecule has 8 nitrogen and oxygen atoms in total. The summed E-state index contributed by atoms with van der Waals surface area (Å²) in [6, 6.07) is 15.7. The van der Waals surface area contributed by atoms with Crippen LogP contribution in [0, 0.1) is 13.8 Å². The van der Waals surface area contributed by atoms with E-state index < -0.39 is 28.5 Å². The lowest BCUT2D eigenvalue weighted by Crippen LogP contribution is -2.52. The van der Waals surface area contributed by atoms with E-state index in [1.807, 2.05) is 27.7 Å². The molecule has 0 spiro atoms. The third kappa shape index (κ3) is 8.65. The van der Waals surface area contributed by atoms with E-state index in [0.29, 0.717) is 28.6 Å². The average Bonchev–Trinajstić information content (AvgIpc) is 2.97. The number of sulfonamides is 1. The summed E-state index contributed by atoms with van der Waals surface area (Å²) in [4.78, 5) is 29.1. The Morgan fingerprint density at radius 3 is 2.21 bits per heavy atom. The number of methoxy groups -OCH3 is 1. The van der Waals surface area contributed by atoms with Gasteiger partial charge in [0.1, 0.15) is 18.3 Å². The van der Waals surface area contributed by atoms with Crippen molar-refractivity contribution >= 4 is 50.7 Å². The average molecular weight is 649 g/mol. The molecule has 43 heavy (non-hydrogen) atoms. The number of carbonyl (C=O) groups excluding carboxylic acids is 2. The summed E-state index contributed by atoms with van der Waals surface area (Å²) in [6.07, 6.45) is 2.00. The molecule has 0 bridgehead atoms. The zero-order chi connectivity index (χ0) is 31.7. The first-order chi connectivity index (χ1) is 20.4. The van der Waals surface area contributed by atoms with E-state index in [-0.39, 0.29) is 28.8 Å². The van der Waals surface area contributed by atoms with E-state index >= 15 is 0 Å². The van der Waals surface area contributed by atoms with Crippen molar-refractivity contribution in [1.82, 2.24) is 10.2 Å². The molecule has 0 fully saturated rings. The lowest BCUT2D eigenvalue weighted by atomic mass is 10.1. The molecule has 3 aromatic carbocycles. The highest BCUT2D eigenvalue weighted by Gasteiger charge is 2.35. The van der Waals surface area contributed by atoms with Crippen LogP contribution in [0.5, 0.6) is 5.75 Å². The lowest BCUT2D eigenvalue weighted by molar-refractivity contribution is -0.140. The maximum atomic E-state index is 14.3. The number of anilines is 1. The van der Waals surface area contributed by atoms with Gasteiger partial charge in [-0.3, -0.25) is 13.9 Å². The Balaban J connectivity index is 2.12. The Hall–Kier alpha value is -3.27. The fourth-order valence-electron chi connectivity index (χ4n) is 4.61. The van der Waals surface area contributed by atoms with Gasteiger partial charge in [0, 0.05) is 13.1 Å². The number of amides is 2. The molecule has 232 valence electrons. The van der Waals surface area contributed by atoms with Crippen molar-refractivity contribution in [3.8, 4) is 5.75 Å². The van der Waals surface area contributed by atoms with Crippen LogP contribution in [0.4, 0.5) is 5.69 Å². The van der Waals surface area contributed by atoms with Crippen molar-refractivity contribution in [1.29, 1.82) is 0 Å². The van der Waals surface area contributed by atoms with Crippen LogP contribution in [0.3, 0.4) is 0 Å². The van der Waals surface area contributed by atoms with E-state index in [1.165, 1.54) is 24.1 Å². The number of nitrogens with zero attached hydrogens (tertiary/aromatic N) is 2. The van der Waals surface area contributed by atoms with Crippen molar-refractivity contribution in [2.24, 2.45) is 0 Å². The molecule has 0 saturated carbocycles. The van der Waals surface area contributed by atoms with Crippen molar-refractivity contribution in [2.45, 2.75) is 64.4 Å². The molecule has 1 atom stereocenters. The van der Waals surface area contributed by atoms with E-state index in [4.69, 9.17) is 27.9 Å². The number of halogens is 2. The number of aryl methyl sites for hydroxylation is 2. The number of benzene rings is 3. The summed E-state index contributed by atoms with van der Waals surface area (Å²) in [5.74, 6) is -0.595. The van der Waals surface area contributed by atoms with Gasteiger partial charge >= 0.3 is 0 Å².